The fourth-order valence-electron chi connectivity index (χ4n) is 2.38. The number of nitrogens with one attached hydrogen (secondary N) is 2. The van der Waals surface area contributed by atoms with Crippen LogP contribution in [-0.2, 0) is 6.54 Å². The van der Waals surface area contributed by atoms with Crippen molar-refractivity contribution in [3.63, 3.8) is 0 Å². The zero-order valence-corrected chi connectivity index (χ0v) is 14.7. The Morgan fingerprint density at radius 1 is 1.19 bits per heavy atom. The van der Waals surface area contributed by atoms with E-state index in [0.717, 1.165) is 5.76 Å². The Bertz CT molecular complexity index is 878. The van der Waals surface area contributed by atoms with Gasteiger partial charge in [0.1, 0.15) is 17.2 Å². The van der Waals surface area contributed by atoms with Crippen LogP contribution in [0.1, 0.15) is 28.9 Å². The molecule has 26 heavy (non-hydrogen) atoms. The minimum absolute atomic E-state index is 0.269. The first-order valence-corrected chi connectivity index (χ1v) is 8.31. The third kappa shape index (κ3) is 4.38. The van der Waals surface area contributed by atoms with E-state index in [4.69, 9.17) is 9.15 Å². The van der Waals surface area contributed by atoms with Gasteiger partial charge >= 0.3 is 0 Å². The molecule has 0 radical (unpaired) electrons. The number of rotatable bonds is 7. The Hall–Kier alpha value is -3.35. The second-order valence-corrected chi connectivity index (χ2v) is 5.53. The number of nitrogens with zero attached hydrogens (tertiary/aromatic N) is 2. The van der Waals surface area contributed by atoms with E-state index in [1.165, 1.54) is 0 Å². The number of aromatic nitrogens is 2. The van der Waals surface area contributed by atoms with Gasteiger partial charge in [-0.2, -0.15) is 0 Å². The summed E-state index contributed by atoms with van der Waals surface area (Å²) >= 11 is 0. The number of hydrogen-bond donors (Lipinski definition) is 2. The summed E-state index contributed by atoms with van der Waals surface area (Å²) in [7, 11) is 0. The molecule has 0 aliphatic rings. The van der Waals surface area contributed by atoms with Crippen LogP contribution in [0.15, 0.2) is 53.1 Å². The lowest BCUT2D eigenvalue weighted by Crippen LogP contribution is -2.16. The number of carbonyl (C=O) groups excluding carboxylic acids is 1. The molecule has 0 aliphatic carbocycles. The molecule has 1 amide bonds. The van der Waals surface area contributed by atoms with Crippen molar-refractivity contribution < 1.29 is 13.9 Å². The average molecular weight is 352 g/mol. The summed E-state index contributed by atoms with van der Waals surface area (Å²) in [4.78, 5) is 21.2. The van der Waals surface area contributed by atoms with E-state index < -0.39 is 0 Å². The molecule has 0 bridgehead atoms. The Morgan fingerprint density at radius 2 is 2.04 bits per heavy atom. The van der Waals surface area contributed by atoms with Crippen LogP contribution in [-0.4, -0.2) is 22.5 Å². The number of furan rings is 1. The fourth-order valence-corrected chi connectivity index (χ4v) is 2.38. The monoisotopic (exact) mass is 352 g/mol. The van der Waals surface area contributed by atoms with Gasteiger partial charge in [0, 0.05) is 5.69 Å². The largest absolute Gasteiger partial charge is 0.492 e. The molecule has 3 rings (SSSR count). The van der Waals surface area contributed by atoms with Gasteiger partial charge in [0.05, 0.1) is 25.1 Å². The number of ether oxygens (including phenoxy) is 1. The molecular weight excluding hydrogens is 332 g/mol. The normalized spacial score (nSPS) is 10.4. The highest BCUT2D eigenvalue weighted by Gasteiger charge is 2.13. The van der Waals surface area contributed by atoms with Gasteiger partial charge in [0.15, 0.2) is 0 Å². The van der Waals surface area contributed by atoms with Crippen LogP contribution in [0.4, 0.5) is 11.6 Å². The number of amides is 1. The lowest BCUT2D eigenvalue weighted by Gasteiger charge is -2.12. The van der Waals surface area contributed by atoms with Crippen molar-refractivity contribution >= 4 is 17.5 Å². The molecule has 0 spiro atoms. The van der Waals surface area contributed by atoms with Crippen LogP contribution < -0.4 is 15.4 Å². The SMILES string of the molecule is CCOc1ccccc1NC(=O)c1cc(C)nc(NCc2ccco2)n1. The summed E-state index contributed by atoms with van der Waals surface area (Å²) in [6, 6.07) is 12.6. The van der Waals surface area contributed by atoms with Gasteiger partial charge in [-0.15, -0.1) is 0 Å². The Morgan fingerprint density at radius 3 is 2.81 bits per heavy atom. The molecule has 7 nitrogen and oxygen atoms in total. The first-order chi connectivity index (χ1) is 12.7. The van der Waals surface area contributed by atoms with Gasteiger partial charge in [-0.1, -0.05) is 12.1 Å². The highest BCUT2D eigenvalue weighted by molar-refractivity contribution is 6.03. The molecule has 0 saturated heterocycles. The maximum atomic E-state index is 12.6. The second-order valence-electron chi connectivity index (χ2n) is 5.53. The third-order valence-corrected chi connectivity index (χ3v) is 3.52. The molecule has 134 valence electrons. The standard InChI is InChI=1S/C19H20N4O3/c1-3-25-17-9-5-4-8-15(17)22-18(24)16-11-13(2)21-19(23-16)20-12-14-7-6-10-26-14/h4-11H,3,12H2,1-2H3,(H,22,24)(H,20,21,23). The Balaban J connectivity index is 1.75. The zero-order chi connectivity index (χ0) is 18.4. The summed E-state index contributed by atoms with van der Waals surface area (Å²) < 4.78 is 10.8. The van der Waals surface area contributed by atoms with Gasteiger partial charge in [-0.25, -0.2) is 9.97 Å². The lowest BCUT2D eigenvalue weighted by molar-refractivity contribution is 0.102. The average Bonchev–Trinajstić information content (AvgIpc) is 3.15. The van der Waals surface area contributed by atoms with Crippen molar-refractivity contribution in [3.05, 3.63) is 65.9 Å². The van der Waals surface area contributed by atoms with Gasteiger partial charge < -0.3 is 19.8 Å². The number of aryl methyl sites for hydroxylation is 1. The van der Waals surface area contributed by atoms with Crippen molar-refractivity contribution in [1.29, 1.82) is 0 Å². The molecule has 0 atom stereocenters. The van der Waals surface area contributed by atoms with Crippen LogP contribution in [0, 0.1) is 6.92 Å². The van der Waals surface area contributed by atoms with E-state index in [0.29, 0.717) is 36.2 Å². The van der Waals surface area contributed by atoms with E-state index in [-0.39, 0.29) is 11.6 Å². The summed E-state index contributed by atoms with van der Waals surface area (Å²) in [6.07, 6.45) is 1.60. The van der Waals surface area contributed by atoms with Crippen molar-refractivity contribution in [1.82, 2.24) is 9.97 Å². The van der Waals surface area contributed by atoms with Crippen molar-refractivity contribution in [2.45, 2.75) is 20.4 Å². The molecule has 0 aliphatic heterocycles. The molecule has 0 unspecified atom stereocenters. The number of anilines is 2. The molecule has 0 fully saturated rings. The minimum Gasteiger partial charge on any atom is -0.492 e. The van der Waals surface area contributed by atoms with E-state index in [2.05, 4.69) is 20.6 Å². The first-order valence-electron chi connectivity index (χ1n) is 8.31. The number of benzene rings is 1. The third-order valence-electron chi connectivity index (χ3n) is 3.52. The van der Waals surface area contributed by atoms with Gasteiger partial charge in [-0.3, -0.25) is 4.79 Å². The second kappa shape index (κ2) is 8.15. The van der Waals surface area contributed by atoms with E-state index in [1.807, 2.05) is 38.1 Å². The Kier molecular flexibility index (Phi) is 5.48. The van der Waals surface area contributed by atoms with Gasteiger partial charge in [0.2, 0.25) is 5.95 Å². The van der Waals surface area contributed by atoms with Crippen LogP contribution >= 0.6 is 0 Å². The smallest absolute Gasteiger partial charge is 0.274 e. The molecule has 1 aromatic carbocycles. The van der Waals surface area contributed by atoms with Crippen LogP contribution in [0.3, 0.4) is 0 Å². The Labute approximate surface area is 151 Å². The van der Waals surface area contributed by atoms with E-state index in [9.17, 15) is 4.79 Å². The minimum atomic E-state index is -0.330. The molecule has 2 aromatic heterocycles. The molecule has 3 aromatic rings. The number of para-hydroxylation sites is 2. The number of carbonyl (C=O) groups is 1. The highest BCUT2D eigenvalue weighted by Crippen LogP contribution is 2.24. The summed E-state index contributed by atoms with van der Waals surface area (Å²) in [5, 5.41) is 5.89. The predicted molar refractivity (Wildman–Crippen MR) is 98.4 cm³/mol. The van der Waals surface area contributed by atoms with Crippen LogP contribution in [0.25, 0.3) is 0 Å². The lowest BCUT2D eigenvalue weighted by atomic mass is 10.2. The summed E-state index contributed by atoms with van der Waals surface area (Å²) in [5.41, 5.74) is 1.55. The highest BCUT2D eigenvalue weighted by atomic mass is 16.5. The quantitative estimate of drug-likeness (QED) is 0.675. The summed E-state index contributed by atoms with van der Waals surface area (Å²) in [6.45, 7) is 4.65. The van der Waals surface area contributed by atoms with Crippen LogP contribution in [0.2, 0.25) is 0 Å². The van der Waals surface area contributed by atoms with Gasteiger partial charge in [-0.05, 0) is 44.2 Å². The zero-order valence-electron chi connectivity index (χ0n) is 14.7. The van der Waals surface area contributed by atoms with Crippen LogP contribution in [0.5, 0.6) is 5.75 Å². The number of hydrogen-bond acceptors (Lipinski definition) is 6. The maximum absolute atomic E-state index is 12.6. The molecule has 2 N–H and O–H groups in total. The molecular formula is C19H20N4O3. The van der Waals surface area contributed by atoms with Gasteiger partial charge in [0.25, 0.3) is 5.91 Å². The predicted octanol–water partition coefficient (Wildman–Crippen LogP) is 3.64. The molecule has 0 saturated carbocycles. The van der Waals surface area contributed by atoms with Crippen molar-refractivity contribution in [2.24, 2.45) is 0 Å². The molecule has 7 heteroatoms. The fraction of sp³-hybridized carbons (Fsp3) is 0.211. The maximum Gasteiger partial charge on any atom is 0.274 e. The topological polar surface area (TPSA) is 89.3 Å². The molecule has 2 heterocycles. The summed E-state index contributed by atoms with van der Waals surface area (Å²) in [5.74, 6) is 1.41. The van der Waals surface area contributed by atoms with E-state index in [1.54, 1.807) is 24.5 Å². The van der Waals surface area contributed by atoms with E-state index >= 15 is 0 Å². The van der Waals surface area contributed by atoms with Crippen molar-refractivity contribution in [2.75, 3.05) is 17.2 Å². The van der Waals surface area contributed by atoms with Crippen molar-refractivity contribution in [3.8, 4) is 5.75 Å². The first kappa shape index (κ1) is 17.5.